The Morgan fingerprint density at radius 3 is 2.23 bits per heavy atom. The van der Waals surface area contributed by atoms with Crippen LogP contribution < -0.4 is 0 Å². The van der Waals surface area contributed by atoms with Gasteiger partial charge in [0.15, 0.2) is 14.0 Å². The molecule has 0 unspecified atom stereocenters. The van der Waals surface area contributed by atoms with Gasteiger partial charge in [-0.15, -0.1) is 0 Å². The number of rotatable bonds is 9. The van der Waals surface area contributed by atoms with Crippen molar-refractivity contribution in [2.75, 3.05) is 13.7 Å². The fourth-order valence-electron chi connectivity index (χ4n) is 3.36. The zero-order valence-corrected chi connectivity index (χ0v) is 21.5. The SMILES string of the molecule is CCOCc1nc(C(=O)OC)c(-c2ccccc2)n1CC(C)(C)O[Si](C)(C)C(C)(C)C. The number of carbonyl (C=O) groups excluding carboxylic acids is 1. The fourth-order valence-corrected chi connectivity index (χ4v) is 5.11. The van der Waals surface area contributed by atoms with Crippen molar-refractivity contribution < 1.29 is 18.7 Å². The highest BCUT2D eigenvalue weighted by molar-refractivity contribution is 6.74. The van der Waals surface area contributed by atoms with Gasteiger partial charge in [0.05, 0.1) is 24.9 Å². The Kier molecular flexibility index (Phi) is 7.89. The molecule has 1 aromatic carbocycles. The Labute approximate surface area is 188 Å². The Bertz CT molecular complexity index is 883. The van der Waals surface area contributed by atoms with E-state index in [-0.39, 0.29) is 5.04 Å². The van der Waals surface area contributed by atoms with Crippen molar-refractivity contribution >= 4 is 14.3 Å². The molecule has 0 saturated heterocycles. The van der Waals surface area contributed by atoms with E-state index < -0.39 is 19.9 Å². The van der Waals surface area contributed by atoms with Crippen LogP contribution in [0, 0.1) is 0 Å². The van der Waals surface area contributed by atoms with E-state index in [1.807, 2.05) is 37.3 Å². The van der Waals surface area contributed by atoms with Gasteiger partial charge >= 0.3 is 5.97 Å². The molecule has 0 aliphatic carbocycles. The maximum absolute atomic E-state index is 12.6. The van der Waals surface area contributed by atoms with Crippen molar-refractivity contribution in [3.8, 4) is 11.3 Å². The summed E-state index contributed by atoms with van der Waals surface area (Å²) in [5, 5.41) is 0.0901. The van der Waals surface area contributed by atoms with Gasteiger partial charge in [0.2, 0.25) is 0 Å². The first kappa shape index (κ1) is 25.3. The molecule has 0 radical (unpaired) electrons. The minimum Gasteiger partial charge on any atom is -0.464 e. The molecule has 0 aliphatic rings. The molecule has 6 nitrogen and oxygen atoms in total. The Morgan fingerprint density at radius 1 is 1.10 bits per heavy atom. The van der Waals surface area contributed by atoms with Gasteiger partial charge in [0.25, 0.3) is 0 Å². The van der Waals surface area contributed by atoms with E-state index in [9.17, 15) is 4.79 Å². The molecule has 7 heteroatoms. The lowest BCUT2D eigenvalue weighted by atomic mass is 10.1. The van der Waals surface area contributed by atoms with Crippen LogP contribution in [0.25, 0.3) is 11.3 Å². The zero-order valence-electron chi connectivity index (χ0n) is 20.5. The Balaban J connectivity index is 2.60. The number of ether oxygens (including phenoxy) is 2. The normalized spacial score (nSPS) is 12.8. The summed E-state index contributed by atoms with van der Waals surface area (Å²) in [5.41, 5.74) is 1.46. The van der Waals surface area contributed by atoms with Crippen LogP contribution in [0.3, 0.4) is 0 Å². The quantitative estimate of drug-likeness (QED) is 0.367. The molecule has 1 heterocycles. The summed E-state index contributed by atoms with van der Waals surface area (Å²) in [7, 11) is -0.634. The lowest BCUT2D eigenvalue weighted by molar-refractivity contribution is 0.0593. The molecule has 0 bridgehead atoms. The van der Waals surface area contributed by atoms with Crippen molar-refractivity contribution in [1.82, 2.24) is 9.55 Å². The van der Waals surface area contributed by atoms with Crippen molar-refractivity contribution in [2.24, 2.45) is 0 Å². The third-order valence-electron chi connectivity index (χ3n) is 5.78. The van der Waals surface area contributed by atoms with Crippen LogP contribution in [0.2, 0.25) is 18.1 Å². The lowest BCUT2D eigenvalue weighted by Gasteiger charge is -2.43. The van der Waals surface area contributed by atoms with Crippen molar-refractivity contribution in [1.29, 1.82) is 0 Å². The van der Waals surface area contributed by atoms with E-state index in [1.165, 1.54) is 7.11 Å². The molecule has 0 saturated carbocycles. The van der Waals surface area contributed by atoms with Gasteiger partial charge in [0, 0.05) is 12.2 Å². The third kappa shape index (κ3) is 6.05. The standard InChI is InChI=1S/C24H38N2O4Si/c1-10-29-16-19-25-20(22(27)28-7)21(18-14-12-11-13-15-18)26(19)17-24(5,6)30-31(8,9)23(2,3)4/h11-15H,10,16-17H2,1-9H3. The van der Waals surface area contributed by atoms with Crippen LogP contribution in [-0.2, 0) is 27.1 Å². The number of aromatic nitrogens is 2. The number of methoxy groups -OCH3 is 1. The van der Waals surface area contributed by atoms with Crippen LogP contribution in [-0.4, -0.2) is 43.2 Å². The molecule has 2 rings (SSSR count). The average Bonchev–Trinajstić information content (AvgIpc) is 3.02. The maximum Gasteiger partial charge on any atom is 0.358 e. The van der Waals surface area contributed by atoms with Crippen LogP contribution in [0.4, 0.5) is 0 Å². The second kappa shape index (κ2) is 9.67. The third-order valence-corrected chi connectivity index (χ3v) is 10.5. The summed E-state index contributed by atoms with van der Waals surface area (Å²) in [6.45, 7) is 18.8. The monoisotopic (exact) mass is 446 g/mol. The van der Waals surface area contributed by atoms with Gasteiger partial charge in [-0.3, -0.25) is 0 Å². The molecular weight excluding hydrogens is 408 g/mol. The van der Waals surface area contributed by atoms with Gasteiger partial charge in [-0.05, 0) is 38.9 Å². The molecule has 0 N–H and O–H groups in total. The van der Waals surface area contributed by atoms with E-state index in [4.69, 9.17) is 13.9 Å². The second-order valence-corrected chi connectivity index (χ2v) is 14.7. The van der Waals surface area contributed by atoms with Crippen LogP contribution in [0.15, 0.2) is 30.3 Å². The van der Waals surface area contributed by atoms with E-state index in [1.54, 1.807) is 0 Å². The number of carbonyl (C=O) groups is 1. The predicted molar refractivity (Wildman–Crippen MR) is 127 cm³/mol. The summed E-state index contributed by atoms with van der Waals surface area (Å²) in [6, 6.07) is 9.81. The minimum atomic E-state index is -2.01. The van der Waals surface area contributed by atoms with Crippen molar-refractivity contribution in [3.63, 3.8) is 0 Å². The lowest BCUT2D eigenvalue weighted by Crippen LogP contribution is -2.49. The predicted octanol–water partition coefficient (Wildman–Crippen LogP) is 5.67. The molecule has 31 heavy (non-hydrogen) atoms. The van der Waals surface area contributed by atoms with Gasteiger partial charge in [-0.1, -0.05) is 51.1 Å². The first-order valence-corrected chi connectivity index (χ1v) is 13.7. The summed E-state index contributed by atoms with van der Waals surface area (Å²) in [6.07, 6.45) is 0. The van der Waals surface area contributed by atoms with Gasteiger partial charge < -0.3 is 18.5 Å². The number of imidazole rings is 1. The van der Waals surface area contributed by atoms with Gasteiger partial charge in [-0.25, -0.2) is 9.78 Å². The minimum absolute atomic E-state index is 0.0901. The molecule has 2 aromatic rings. The van der Waals surface area contributed by atoms with Crippen LogP contribution >= 0.6 is 0 Å². The van der Waals surface area contributed by atoms with Gasteiger partial charge in [0.1, 0.15) is 12.4 Å². The summed E-state index contributed by atoms with van der Waals surface area (Å²) in [5.74, 6) is 0.228. The average molecular weight is 447 g/mol. The fraction of sp³-hybridized carbons (Fsp3) is 0.583. The molecule has 172 valence electrons. The van der Waals surface area contributed by atoms with E-state index in [2.05, 4.69) is 57.3 Å². The summed E-state index contributed by atoms with van der Waals surface area (Å²) >= 11 is 0. The smallest absolute Gasteiger partial charge is 0.358 e. The number of esters is 1. The maximum atomic E-state index is 12.6. The molecule has 1 aromatic heterocycles. The number of nitrogens with zero attached hydrogens (tertiary/aromatic N) is 2. The van der Waals surface area contributed by atoms with Crippen LogP contribution in [0.1, 0.15) is 57.9 Å². The van der Waals surface area contributed by atoms with E-state index in [0.29, 0.717) is 31.3 Å². The first-order valence-electron chi connectivity index (χ1n) is 10.8. The Morgan fingerprint density at radius 2 is 1.71 bits per heavy atom. The zero-order chi connectivity index (χ0) is 23.4. The van der Waals surface area contributed by atoms with Gasteiger partial charge in [-0.2, -0.15) is 0 Å². The van der Waals surface area contributed by atoms with E-state index in [0.717, 1.165) is 11.3 Å². The molecular formula is C24H38N2O4Si. The van der Waals surface area contributed by atoms with Crippen molar-refractivity contribution in [2.45, 2.75) is 78.4 Å². The number of benzene rings is 1. The summed E-state index contributed by atoms with van der Waals surface area (Å²) < 4.78 is 19.6. The first-order chi connectivity index (χ1) is 14.3. The highest BCUT2D eigenvalue weighted by Crippen LogP contribution is 2.40. The molecule has 0 fully saturated rings. The van der Waals surface area contributed by atoms with Crippen molar-refractivity contribution in [3.05, 3.63) is 41.9 Å². The molecule has 0 aliphatic heterocycles. The number of hydrogen-bond acceptors (Lipinski definition) is 5. The largest absolute Gasteiger partial charge is 0.464 e. The topological polar surface area (TPSA) is 62.6 Å². The second-order valence-electron chi connectivity index (χ2n) is 9.93. The highest BCUT2D eigenvalue weighted by atomic mass is 28.4. The highest BCUT2D eigenvalue weighted by Gasteiger charge is 2.42. The van der Waals surface area contributed by atoms with Crippen LogP contribution in [0.5, 0.6) is 0 Å². The summed E-state index contributed by atoms with van der Waals surface area (Å²) in [4.78, 5) is 17.3. The number of hydrogen-bond donors (Lipinski definition) is 0. The Hall–Kier alpha value is -1.96. The van der Waals surface area contributed by atoms with E-state index >= 15 is 0 Å². The molecule has 0 amide bonds. The molecule has 0 spiro atoms. The molecule has 0 atom stereocenters.